The van der Waals surface area contributed by atoms with Crippen molar-refractivity contribution in [2.75, 3.05) is 0 Å². The molecule has 0 amide bonds. The molecule has 0 aromatic carbocycles. The molecule has 0 spiro atoms. The number of aliphatic carboxylic acids is 1. The second kappa shape index (κ2) is 9.17. The minimum absolute atomic E-state index is 0. The zero-order chi connectivity index (χ0) is 3.58. The predicted octanol–water partition coefficient (Wildman–Crippen LogP) is -0.671. The average molecular weight is 309 g/mol. The van der Waals surface area contributed by atoms with Gasteiger partial charge in [0, 0.05) is 6.92 Å². The molecule has 0 rings (SSSR count). The summed E-state index contributed by atoms with van der Waals surface area (Å²) in [6.07, 6.45) is 0. The normalized spacial score (nSPS) is 4.17. The monoisotopic (exact) mass is 308 g/mol. The van der Waals surface area contributed by atoms with Crippen molar-refractivity contribution in [3.8, 4) is 0 Å². The molecule has 0 unspecified atom stereocenters. The minimum atomic E-state index is -0.833. The summed E-state index contributed by atoms with van der Waals surface area (Å²) in [4.78, 5) is 9.00. The molecule has 0 bridgehead atoms. The first kappa shape index (κ1) is 15.9. The molecule has 0 atom stereocenters. The first-order chi connectivity index (χ1) is 1.73. The van der Waals surface area contributed by atoms with Crippen LogP contribution in [0.3, 0.4) is 0 Å². The summed E-state index contributed by atoms with van der Waals surface area (Å²) in [5.74, 6) is -0.833. The Hall–Kier alpha value is 0.643. The fourth-order valence-corrected chi connectivity index (χ4v) is 0. The first-order valence-corrected chi connectivity index (χ1v) is 0.928. The zero-order valence-electron chi connectivity index (χ0n) is 3.47. The van der Waals surface area contributed by atoms with Crippen LogP contribution in [0.15, 0.2) is 0 Å². The maximum absolute atomic E-state index is 9.00. The van der Waals surface area contributed by atoms with E-state index in [1.165, 1.54) is 0 Å². The van der Waals surface area contributed by atoms with Gasteiger partial charge in [0.05, 0.1) is 0 Å². The second-order valence-corrected chi connectivity index (χ2v) is 0.519. The Morgan fingerprint density at radius 1 is 1.67 bits per heavy atom. The Labute approximate surface area is 61.5 Å². The van der Waals surface area contributed by atoms with E-state index >= 15 is 0 Å². The molecule has 0 aliphatic rings. The van der Waals surface area contributed by atoms with Gasteiger partial charge in [-0.25, -0.2) is 0 Å². The third-order valence-electron chi connectivity index (χ3n) is 0. The fraction of sp³-hybridized carbons (Fsp3) is 0.500. The van der Waals surface area contributed by atoms with Gasteiger partial charge in [-0.3, -0.25) is 4.79 Å². The topological polar surface area (TPSA) is 37.3 Å². The Bertz CT molecular complexity index is 34.5. The van der Waals surface area contributed by atoms with Crippen LogP contribution < -0.4 is 0 Å². The summed E-state index contributed by atoms with van der Waals surface area (Å²) in [5.41, 5.74) is 0. The molecule has 0 aromatic heterocycles. The van der Waals surface area contributed by atoms with Crippen LogP contribution >= 0.6 is 12.4 Å². The molecule has 0 aromatic rings. The van der Waals surface area contributed by atoms with Gasteiger partial charge in [0.2, 0.25) is 0 Å². The van der Waals surface area contributed by atoms with Gasteiger partial charge < -0.3 is 5.11 Å². The van der Waals surface area contributed by atoms with Gasteiger partial charge in [-0.15, -0.1) is 12.4 Å². The summed E-state index contributed by atoms with van der Waals surface area (Å²) < 4.78 is 0. The van der Waals surface area contributed by atoms with Crippen molar-refractivity contribution >= 4 is 44.6 Å². The molecule has 4 heteroatoms. The van der Waals surface area contributed by atoms with Gasteiger partial charge in [0.25, 0.3) is 5.97 Å². The Kier molecular flexibility index (Phi) is 24.4. The zero-order valence-corrected chi connectivity index (χ0v) is 9.79. The van der Waals surface area contributed by atoms with E-state index in [1.54, 1.807) is 0 Å². The van der Waals surface area contributed by atoms with Gasteiger partial charge in [-0.05, 0) is 0 Å². The molecule has 1 N–H and O–H groups in total. The molecule has 2 nitrogen and oxygen atoms in total. The van der Waals surface area contributed by atoms with Crippen LogP contribution in [0.1, 0.15) is 6.92 Å². The first-order valence-electron chi connectivity index (χ1n) is 0.928. The van der Waals surface area contributed by atoms with E-state index in [4.69, 9.17) is 9.90 Å². The van der Waals surface area contributed by atoms with Crippen LogP contribution in [-0.2, 0) is 4.79 Å². The van der Waals surface area contributed by atoms with Crippen LogP contribution in [-0.4, -0.2) is 37.3 Å². The summed E-state index contributed by atoms with van der Waals surface area (Å²) in [7, 11) is 0. The molecular weight excluding hydrogens is 300 g/mol. The van der Waals surface area contributed by atoms with Crippen molar-refractivity contribution < 1.29 is 9.90 Å². The number of carboxylic acid groups (broad SMARTS) is 1. The SMILES string of the molecule is CC(=O)O.Cl.[BiH3]. The second-order valence-electron chi connectivity index (χ2n) is 0.519. The van der Waals surface area contributed by atoms with E-state index in [-0.39, 0.29) is 38.6 Å². The summed E-state index contributed by atoms with van der Waals surface area (Å²) >= 11 is 0. The Balaban J connectivity index is -0.0000000450. The molecule has 0 radical (unpaired) electrons. The number of hydrogen-bond donors (Lipinski definition) is 1. The Morgan fingerprint density at radius 2 is 1.67 bits per heavy atom. The summed E-state index contributed by atoms with van der Waals surface area (Å²) in [5, 5.41) is 7.42. The van der Waals surface area contributed by atoms with Gasteiger partial charge in [-0.2, -0.15) is 0 Å². The molecule has 0 fully saturated rings. The van der Waals surface area contributed by atoms with Crippen molar-refractivity contribution in [1.82, 2.24) is 0 Å². The van der Waals surface area contributed by atoms with E-state index < -0.39 is 5.97 Å². The number of carboxylic acids is 1. The van der Waals surface area contributed by atoms with Crippen LogP contribution in [0.4, 0.5) is 0 Å². The molecule has 0 aliphatic heterocycles. The van der Waals surface area contributed by atoms with Crippen molar-refractivity contribution in [3.05, 3.63) is 0 Å². The van der Waals surface area contributed by atoms with Crippen LogP contribution in [0, 0.1) is 0 Å². The number of hydrogen-bond acceptors (Lipinski definition) is 1. The molecule has 0 saturated carbocycles. The van der Waals surface area contributed by atoms with E-state index in [2.05, 4.69) is 0 Å². The van der Waals surface area contributed by atoms with E-state index in [0.29, 0.717) is 0 Å². The van der Waals surface area contributed by atoms with Crippen molar-refractivity contribution in [1.29, 1.82) is 0 Å². The van der Waals surface area contributed by atoms with E-state index in [0.717, 1.165) is 6.92 Å². The summed E-state index contributed by atoms with van der Waals surface area (Å²) in [6.45, 7) is 1.08. The van der Waals surface area contributed by atoms with Crippen LogP contribution in [0.2, 0.25) is 0 Å². The quantitative estimate of drug-likeness (QED) is 0.603. The number of carbonyl (C=O) groups is 1. The maximum atomic E-state index is 9.00. The van der Waals surface area contributed by atoms with Crippen molar-refractivity contribution in [3.63, 3.8) is 0 Å². The standard InChI is InChI=1S/C2H4O2.Bi.ClH.3H/c1-2(3)4;;;;;/h1H3,(H,3,4);;1H;;;. The molecule has 6 heavy (non-hydrogen) atoms. The molecule has 0 saturated heterocycles. The van der Waals surface area contributed by atoms with Gasteiger partial charge in [0.15, 0.2) is 0 Å². The summed E-state index contributed by atoms with van der Waals surface area (Å²) in [6, 6.07) is 0. The third kappa shape index (κ3) is 149. The third-order valence-corrected chi connectivity index (χ3v) is 0. The molecule has 0 heterocycles. The van der Waals surface area contributed by atoms with Crippen molar-refractivity contribution in [2.24, 2.45) is 0 Å². The van der Waals surface area contributed by atoms with Crippen LogP contribution in [0.5, 0.6) is 0 Å². The van der Waals surface area contributed by atoms with E-state index in [1.807, 2.05) is 0 Å². The van der Waals surface area contributed by atoms with E-state index in [9.17, 15) is 0 Å². The van der Waals surface area contributed by atoms with Gasteiger partial charge in [-0.1, -0.05) is 0 Å². The molecule has 40 valence electrons. The molecule has 0 aliphatic carbocycles. The van der Waals surface area contributed by atoms with Crippen LogP contribution in [0.25, 0.3) is 0 Å². The van der Waals surface area contributed by atoms with Gasteiger partial charge >= 0.3 is 26.2 Å². The van der Waals surface area contributed by atoms with Crippen molar-refractivity contribution in [2.45, 2.75) is 6.92 Å². The predicted molar refractivity (Wildman–Crippen MR) is 30.5 cm³/mol. The average Bonchev–Trinajstić information content (AvgIpc) is 0.811. The molecular formula is C2H8BiClO2. The van der Waals surface area contributed by atoms with Gasteiger partial charge in [0.1, 0.15) is 0 Å². The Morgan fingerprint density at radius 3 is 1.67 bits per heavy atom. The number of rotatable bonds is 0. The fourth-order valence-electron chi connectivity index (χ4n) is 0. The number of halogens is 1.